The Morgan fingerprint density at radius 1 is 1.22 bits per heavy atom. The second-order valence-electron chi connectivity index (χ2n) is 10.1. The lowest BCUT2D eigenvalue weighted by molar-refractivity contribution is -0.120. The highest BCUT2D eigenvalue weighted by molar-refractivity contribution is 7.93. The summed E-state index contributed by atoms with van der Waals surface area (Å²) >= 11 is 0. The van der Waals surface area contributed by atoms with E-state index in [9.17, 15) is 13.2 Å². The van der Waals surface area contributed by atoms with E-state index in [0.29, 0.717) is 17.9 Å². The van der Waals surface area contributed by atoms with Gasteiger partial charge in [0.1, 0.15) is 6.26 Å². The van der Waals surface area contributed by atoms with E-state index in [4.69, 9.17) is 4.42 Å². The molecule has 3 aliphatic rings. The fraction of sp³-hybridized carbons (Fsp3) is 0.429. The lowest BCUT2D eigenvalue weighted by Gasteiger charge is -2.35. The third kappa shape index (κ3) is 6.78. The van der Waals surface area contributed by atoms with E-state index in [1.807, 2.05) is 43.3 Å². The normalized spacial score (nSPS) is 24.5. The minimum absolute atomic E-state index is 0.0805. The number of piperazine rings is 1. The van der Waals surface area contributed by atoms with Gasteiger partial charge < -0.3 is 14.6 Å². The largest absolute Gasteiger partial charge is 0.451 e. The van der Waals surface area contributed by atoms with Gasteiger partial charge in [-0.3, -0.25) is 4.79 Å². The SMILES string of the molecule is C=C1CN(C=O)[C@@H](c2ccccc2)CN1.CC1(c2cocn2)C=CC(S(=O)(=O)NC2CCCCC2)=CC1. The van der Waals surface area contributed by atoms with E-state index in [-0.39, 0.29) is 17.5 Å². The number of amides is 1. The van der Waals surface area contributed by atoms with Crippen LogP contribution in [-0.4, -0.2) is 43.8 Å². The zero-order valence-electron chi connectivity index (χ0n) is 21.3. The van der Waals surface area contributed by atoms with Crippen molar-refractivity contribution in [1.82, 2.24) is 19.9 Å². The highest BCUT2D eigenvalue weighted by Crippen LogP contribution is 2.34. The molecule has 0 radical (unpaired) electrons. The summed E-state index contributed by atoms with van der Waals surface area (Å²) in [5.41, 5.74) is 2.56. The molecule has 198 valence electrons. The number of benzene rings is 1. The fourth-order valence-corrected chi connectivity index (χ4v) is 6.31. The smallest absolute Gasteiger partial charge is 0.240 e. The van der Waals surface area contributed by atoms with Gasteiger partial charge in [-0.15, -0.1) is 0 Å². The first-order chi connectivity index (χ1) is 17.8. The van der Waals surface area contributed by atoms with Gasteiger partial charge in [0.05, 0.1) is 23.2 Å². The molecule has 1 aromatic carbocycles. The van der Waals surface area contributed by atoms with Gasteiger partial charge in [-0.2, -0.15) is 0 Å². The lowest BCUT2D eigenvalue weighted by atomic mass is 9.81. The van der Waals surface area contributed by atoms with Crippen molar-refractivity contribution < 1.29 is 17.6 Å². The predicted octanol–water partition coefficient (Wildman–Crippen LogP) is 4.33. The number of nitrogens with one attached hydrogen (secondary N) is 2. The summed E-state index contributed by atoms with van der Waals surface area (Å²) in [6.07, 6.45) is 15.1. The maximum Gasteiger partial charge on any atom is 0.240 e. The molecule has 2 aliphatic carbocycles. The van der Waals surface area contributed by atoms with Crippen molar-refractivity contribution in [1.29, 1.82) is 0 Å². The summed E-state index contributed by atoms with van der Waals surface area (Å²) in [7, 11) is -3.42. The van der Waals surface area contributed by atoms with Crippen molar-refractivity contribution in [2.45, 2.75) is 62.9 Å². The average molecular weight is 525 g/mol. The zero-order valence-corrected chi connectivity index (χ0v) is 22.1. The van der Waals surface area contributed by atoms with Crippen molar-refractivity contribution in [2.75, 3.05) is 13.1 Å². The average Bonchev–Trinajstić information content (AvgIpc) is 3.46. The molecule has 0 bridgehead atoms. The Morgan fingerprint density at radius 3 is 2.59 bits per heavy atom. The molecule has 1 aromatic heterocycles. The Balaban J connectivity index is 0.000000186. The molecule has 5 rings (SSSR count). The van der Waals surface area contributed by atoms with Crippen LogP contribution in [0.15, 0.2) is 82.8 Å². The topological polar surface area (TPSA) is 105 Å². The number of sulfonamides is 1. The van der Waals surface area contributed by atoms with Gasteiger partial charge >= 0.3 is 0 Å². The van der Waals surface area contributed by atoms with Gasteiger partial charge in [0.15, 0.2) is 6.39 Å². The highest BCUT2D eigenvalue weighted by Gasteiger charge is 2.31. The number of rotatable bonds is 6. The van der Waals surface area contributed by atoms with Crippen LogP contribution in [0.1, 0.15) is 62.7 Å². The van der Waals surface area contributed by atoms with Crippen LogP contribution in [0.2, 0.25) is 0 Å². The first kappa shape index (κ1) is 26.9. The maximum atomic E-state index is 12.5. The summed E-state index contributed by atoms with van der Waals surface area (Å²) in [5, 5.41) is 3.20. The van der Waals surface area contributed by atoms with Crippen LogP contribution in [0.4, 0.5) is 0 Å². The molecule has 1 unspecified atom stereocenters. The molecule has 2 heterocycles. The molecule has 2 atom stereocenters. The summed E-state index contributed by atoms with van der Waals surface area (Å²) in [6, 6.07) is 10.2. The monoisotopic (exact) mass is 524 g/mol. The number of hydrogen-bond donors (Lipinski definition) is 2. The number of aromatic nitrogens is 1. The molecule has 2 fully saturated rings. The van der Waals surface area contributed by atoms with E-state index in [1.165, 1.54) is 12.8 Å². The molecule has 8 nitrogen and oxygen atoms in total. The molecule has 1 amide bonds. The third-order valence-electron chi connectivity index (χ3n) is 7.24. The maximum absolute atomic E-state index is 12.5. The molecule has 1 saturated heterocycles. The van der Waals surface area contributed by atoms with Crippen molar-refractivity contribution in [2.24, 2.45) is 0 Å². The number of carbonyl (C=O) groups excluding carboxylic acids is 1. The van der Waals surface area contributed by atoms with Gasteiger partial charge in [0.2, 0.25) is 16.4 Å². The minimum Gasteiger partial charge on any atom is -0.451 e. The number of oxazole rings is 1. The van der Waals surface area contributed by atoms with E-state index in [0.717, 1.165) is 55.6 Å². The van der Waals surface area contributed by atoms with Crippen LogP contribution < -0.4 is 10.0 Å². The standard InChI is InChI=1S/C16H22N2O3S.C12H14N2O/c1-16(15-11-21-12-17-15)9-7-14(8-10-16)22(19,20)18-13-5-3-2-4-6-13;1-10-8-14(9-15)12(7-13-10)11-5-3-2-4-6-11/h7-9,11-13,18H,2-6,10H2,1H3;2-6,9,12-13H,1,7-8H2/t;12-/m.1/s1. The Bertz CT molecular complexity index is 1220. The molecule has 2 aromatic rings. The van der Waals surface area contributed by atoms with Crippen molar-refractivity contribution >= 4 is 16.4 Å². The van der Waals surface area contributed by atoms with Crippen LogP contribution in [-0.2, 0) is 20.2 Å². The van der Waals surface area contributed by atoms with Crippen molar-refractivity contribution in [3.8, 4) is 0 Å². The predicted molar refractivity (Wildman–Crippen MR) is 144 cm³/mol. The fourth-order valence-electron chi connectivity index (χ4n) is 4.95. The Kier molecular flexibility index (Phi) is 8.66. The summed E-state index contributed by atoms with van der Waals surface area (Å²) < 4.78 is 32.8. The van der Waals surface area contributed by atoms with Gasteiger partial charge in [-0.05, 0) is 30.9 Å². The van der Waals surface area contributed by atoms with Gasteiger partial charge in [-0.1, -0.05) is 75.2 Å². The number of allylic oxidation sites excluding steroid dienone is 3. The van der Waals surface area contributed by atoms with Crippen LogP contribution in [0.5, 0.6) is 0 Å². The molecule has 1 saturated carbocycles. The quantitative estimate of drug-likeness (QED) is 0.545. The summed E-state index contributed by atoms with van der Waals surface area (Å²) in [4.78, 5) is 17.3. The number of hydrogen-bond acceptors (Lipinski definition) is 6. The number of carbonyl (C=O) groups is 1. The Hall–Kier alpha value is -3.17. The van der Waals surface area contributed by atoms with Crippen molar-refractivity contribution in [3.05, 3.63) is 89.7 Å². The van der Waals surface area contributed by atoms with Gasteiger partial charge in [0, 0.05) is 23.7 Å². The first-order valence-corrected chi connectivity index (χ1v) is 14.3. The Morgan fingerprint density at radius 2 is 1.97 bits per heavy atom. The van der Waals surface area contributed by atoms with Crippen LogP contribution in [0.25, 0.3) is 0 Å². The summed E-state index contributed by atoms with van der Waals surface area (Å²) in [5.74, 6) is 0. The molecule has 0 spiro atoms. The Labute approximate surface area is 219 Å². The van der Waals surface area contributed by atoms with E-state index >= 15 is 0 Å². The molecule has 9 heteroatoms. The van der Waals surface area contributed by atoms with Gasteiger partial charge in [0.25, 0.3) is 0 Å². The van der Waals surface area contributed by atoms with Crippen molar-refractivity contribution in [3.63, 3.8) is 0 Å². The molecule has 37 heavy (non-hydrogen) atoms. The molecular weight excluding hydrogens is 488 g/mol. The van der Waals surface area contributed by atoms with Crippen LogP contribution >= 0.6 is 0 Å². The second kappa shape index (κ2) is 11.9. The zero-order chi connectivity index (χ0) is 26.3. The van der Waals surface area contributed by atoms with E-state index in [2.05, 4.69) is 21.6 Å². The van der Waals surface area contributed by atoms with Crippen LogP contribution in [0.3, 0.4) is 0 Å². The van der Waals surface area contributed by atoms with Gasteiger partial charge in [-0.25, -0.2) is 18.1 Å². The van der Waals surface area contributed by atoms with E-state index < -0.39 is 10.0 Å². The third-order valence-corrected chi connectivity index (χ3v) is 8.80. The van der Waals surface area contributed by atoms with E-state index in [1.54, 1.807) is 23.3 Å². The van der Waals surface area contributed by atoms with Crippen LogP contribution in [0, 0.1) is 0 Å². The lowest BCUT2D eigenvalue weighted by Crippen LogP contribution is -2.43. The minimum atomic E-state index is -3.42. The molecule has 1 aliphatic heterocycles. The second-order valence-corrected chi connectivity index (χ2v) is 11.8. The number of nitrogens with zero attached hydrogens (tertiary/aromatic N) is 2. The first-order valence-electron chi connectivity index (χ1n) is 12.8. The summed E-state index contributed by atoms with van der Waals surface area (Å²) in [6.45, 7) is 7.18. The highest BCUT2D eigenvalue weighted by atomic mass is 32.2. The molecular formula is C28H36N4O4S. The molecule has 2 N–H and O–H groups in total.